The molecule has 90 valence electrons. The minimum atomic E-state index is -0.223. The average molecular weight is 259 g/mol. The van der Waals surface area contributed by atoms with Crippen LogP contribution in [-0.4, -0.2) is 5.97 Å². The summed E-state index contributed by atoms with van der Waals surface area (Å²) in [6, 6.07) is 15.1. The van der Waals surface area contributed by atoms with E-state index in [0.29, 0.717) is 17.2 Å². The standard InChI is InChI=1S/C15H11ClO2/c16-11-5-3-4-10(8-11)9-13-12-6-1-2-7-14(12)18-15(13)17/h1-8,13H,9H2. The van der Waals surface area contributed by atoms with Gasteiger partial charge in [0, 0.05) is 10.6 Å². The highest BCUT2D eigenvalue weighted by Gasteiger charge is 2.32. The fourth-order valence-corrected chi connectivity index (χ4v) is 2.47. The molecule has 1 heterocycles. The highest BCUT2D eigenvalue weighted by molar-refractivity contribution is 6.30. The van der Waals surface area contributed by atoms with Crippen LogP contribution in [-0.2, 0) is 11.2 Å². The van der Waals surface area contributed by atoms with Crippen molar-refractivity contribution in [2.24, 2.45) is 0 Å². The Hall–Kier alpha value is -1.80. The normalized spacial score (nSPS) is 17.4. The summed E-state index contributed by atoms with van der Waals surface area (Å²) in [6.45, 7) is 0. The lowest BCUT2D eigenvalue weighted by molar-refractivity contribution is -0.134. The first-order valence-corrected chi connectivity index (χ1v) is 6.17. The van der Waals surface area contributed by atoms with E-state index in [4.69, 9.17) is 16.3 Å². The maximum atomic E-state index is 11.9. The lowest BCUT2D eigenvalue weighted by Crippen LogP contribution is -2.12. The molecule has 0 saturated heterocycles. The Labute approximate surface area is 110 Å². The van der Waals surface area contributed by atoms with Crippen LogP contribution < -0.4 is 4.74 Å². The summed E-state index contributed by atoms with van der Waals surface area (Å²) in [5.74, 6) is 0.269. The van der Waals surface area contributed by atoms with Crippen molar-refractivity contribution in [3.8, 4) is 5.75 Å². The summed E-state index contributed by atoms with van der Waals surface area (Å²) in [7, 11) is 0. The summed E-state index contributed by atoms with van der Waals surface area (Å²) >= 11 is 5.95. The van der Waals surface area contributed by atoms with E-state index in [-0.39, 0.29) is 11.9 Å². The number of halogens is 1. The van der Waals surface area contributed by atoms with Gasteiger partial charge in [-0.2, -0.15) is 0 Å². The molecule has 3 rings (SSSR count). The number of carbonyl (C=O) groups is 1. The van der Waals surface area contributed by atoms with Crippen LogP contribution in [0.15, 0.2) is 48.5 Å². The zero-order chi connectivity index (χ0) is 12.5. The van der Waals surface area contributed by atoms with Crippen molar-refractivity contribution in [3.05, 3.63) is 64.7 Å². The van der Waals surface area contributed by atoms with Crippen molar-refractivity contribution in [3.63, 3.8) is 0 Å². The highest BCUT2D eigenvalue weighted by Crippen LogP contribution is 2.36. The molecular weight excluding hydrogens is 248 g/mol. The van der Waals surface area contributed by atoms with Gasteiger partial charge in [-0.05, 0) is 30.2 Å². The van der Waals surface area contributed by atoms with E-state index in [9.17, 15) is 4.79 Å². The Kier molecular flexibility index (Phi) is 2.80. The number of esters is 1. The molecule has 0 spiro atoms. The predicted molar refractivity (Wildman–Crippen MR) is 70.0 cm³/mol. The molecule has 1 aliphatic rings. The molecule has 0 bridgehead atoms. The van der Waals surface area contributed by atoms with Crippen LogP contribution in [0.1, 0.15) is 17.0 Å². The SMILES string of the molecule is O=C1Oc2ccccc2C1Cc1cccc(Cl)c1. The maximum absolute atomic E-state index is 11.9. The third-order valence-corrected chi connectivity index (χ3v) is 3.35. The molecule has 0 aromatic heterocycles. The Morgan fingerprint density at radius 1 is 1.11 bits per heavy atom. The van der Waals surface area contributed by atoms with Gasteiger partial charge in [-0.1, -0.05) is 41.9 Å². The lowest BCUT2D eigenvalue weighted by atomic mass is 9.93. The summed E-state index contributed by atoms with van der Waals surface area (Å²) in [4.78, 5) is 11.9. The van der Waals surface area contributed by atoms with Gasteiger partial charge in [-0.25, -0.2) is 0 Å². The first-order chi connectivity index (χ1) is 8.74. The maximum Gasteiger partial charge on any atom is 0.319 e. The van der Waals surface area contributed by atoms with E-state index < -0.39 is 0 Å². The Balaban J connectivity index is 1.91. The second kappa shape index (κ2) is 4.46. The van der Waals surface area contributed by atoms with Gasteiger partial charge < -0.3 is 4.74 Å². The number of ether oxygens (including phenoxy) is 1. The summed E-state index contributed by atoms with van der Waals surface area (Å²) in [5.41, 5.74) is 2.00. The monoisotopic (exact) mass is 258 g/mol. The Morgan fingerprint density at radius 2 is 1.94 bits per heavy atom. The molecule has 0 fully saturated rings. The number of carbonyl (C=O) groups excluding carboxylic acids is 1. The Morgan fingerprint density at radius 3 is 2.78 bits per heavy atom. The van der Waals surface area contributed by atoms with Crippen LogP contribution in [0.2, 0.25) is 5.02 Å². The van der Waals surface area contributed by atoms with Gasteiger partial charge in [0.15, 0.2) is 0 Å². The topological polar surface area (TPSA) is 26.3 Å². The van der Waals surface area contributed by atoms with Crippen LogP contribution in [0.25, 0.3) is 0 Å². The number of benzene rings is 2. The molecule has 1 unspecified atom stereocenters. The number of hydrogen-bond donors (Lipinski definition) is 0. The van der Waals surface area contributed by atoms with Crippen molar-refractivity contribution in [1.29, 1.82) is 0 Å². The van der Waals surface area contributed by atoms with Gasteiger partial charge in [0.05, 0.1) is 5.92 Å². The first-order valence-electron chi connectivity index (χ1n) is 5.79. The van der Waals surface area contributed by atoms with Gasteiger partial charge in [0.2, 0.25) is 0 Å². The molecule has 2 aromatic rings. The minimum absolute atomic E-state index is 0.184. The first kappa shape index (κ1) is 11.3. The molecule has 0 radical (unpaired) electrons. The zero-order valence-electron chi connectivity index (χ0n) is 9.60. The minimum Gasteiger partial charge on any atom is -0.426 e. The van der Waals surface area contributed by atoms with Gasteiger partial charge in [0.25, 0.3) is 0 Å². The van der Waals surface area contributed by atoms with E-state index in [0.717, 1.165) is 11.1 Å². The fourth-order valence-electron chi connectivity index (χ4n) is 2.26. The molecule has 0 saturated carbocycles. The summed E-state index contributed by atoms with van der Waals surface area (Å²) < 4.78 is 5.25. The summed E-state index contributed by atoms with van der Waals surface area (Å²) in [5, 5.41) is 0.687. The van der Waals surface area contributed by atoms with Crippen LogP contribution >= 0.6 is 11.6 Å². The molecular formula is C15H11ClO2. The molecule has 18 heavy (non-hydrogen) atoms. The van der Waals surface area contributed by atoms with Crippen LogP contribution in [0.3, 0.4) is 0 Å². The molecule has 2 aromatic carbocycles. The molecule has 0 aliphatic carbocycles. The number of para-hydroxylation sites is 1. The van der Waals surface area contributed by atoms with Crippen LogP contribution in [0, 0.1) is 0 Å². The molecule has 3 heteroatoms. The molecule has 1 atom stereocenters. The van der Waals surface area contributed by atoms with Gasteiger partial charge >= 0.3 is 5.97 Å². The van der Waals surface area contributed by atoms with E-state index in [1.165, 1.54) is 0 Å². The van der Waals surface area contributed by atoms with Crippen LogP contribution in [0.5, 0.6) is 5.75 Å². The average Bonchev–Trinajstić information content (AvgIpc) is 2.66. The second-order valence-corrected chi connectivity index (χ2v) is 4.78. The number of fused-ring (bicyclic) bond motifs is 1. The third-order valence-electron chi connectivity index (χ3n) is 3.12. The van der Waals surface area contributed by atoms with Gasteiger partial charge in [-0.15, -0.1) is 0 Å². The molecule has 0 amide bonds. The number of hydrogen-bond acceptors (Lipinski definition) is 2. The smallest absolute Gasteiger partial charge is 0.319 e. The summed E-state index contributed by atoms with van der Waals surface area (Å²) in [6.07, 6.45) is 0.621. The van der Waals surface area contributed by atoms with Crippen molar-refractivity contribution >= 4 is 17.6 Å². The van der Waals surface area contributed by atoms with Gasteiger partial charge in [0.1, 0.15) is 5.75 Å². The van der Waals surface area contributed by atoms with Gasteiger partial charge in [-0.3, -0.25) is 4.79 Å². The highest BCUT2D eigenvalue weighted by atomic mass is 35.5. The number of rotatable bonds is 2. The van der Waals surface area contributed by atoms with E-state index >= 15 is 0 Å². The zero-order valence-corrected chi connectivity index (χ0v) is 10.4. The Bertz CT molecular complexity index is 607. The van der Waals surface area contributed by atoms with E-state index in [2.05, 4.69) is 0 Å². The van der Waals surface area contributed by atoms with E-state index in [1.54, 1.807) is 0 Å². The largest absolute Gasteiger partial charge is 0.426 e. The third kappa shape index (κ3) is 2.00. The lowest BCUT2D eigenvalue weighted by Gasteiger charge is -2.07. The molecule has 0 N–H and O–H groups in total. The van der Waals surface area contributed by atoms with Crippen LogP contribution in [0.4, 0.5) is 0 Å². The van der Waals surface area contributed by atoms with Crippen molar-refractivity contribution in [2.75, 3.05) is 0 Å². The molecule has 2 nitrogen and oxygen atoms in total. The fraction of sp³-hybridized carbons (Fsp3) is 0.133. The predicted octanol–water partition coefficient (Wildman–Crippen LogP) is 3.59. The quantitative estimate of drug-likeness (QED) is 0.608. The van der Waals surface area contributed by atoms with E-state index in [1.807, 2.05) is 48.5 Å². The van der Waals surface area contributed by atoms with Crippen molar-refractivity contribution < 1.29 is 9.53 Å². The van der Waals surface area contributed by atoms with Crippen molar-refractivity contribution in [2.45, 2.75) is 12.3 Å². The second-order valence-electron chi connectivity index (χ2n) is 4.35. The molecule has 1 aliphatic heterocycles. The van der Waals surface area contributed by atoms with Crippen molar-refractivity contribution in [1.82, 2.24) is 0 Å².